The van der Waals surface area contributed by atoms with Crippen LogP contribution < -0.4 is 10.3 Å². The van der Waals surface area contributed by atoms with Crippen molar-refractivity contribution in [3.63, 3.8) is 0 Å². The minimum Gasteiger partial charge on any atom is -0.504 e. The van der Waals surface area contributed by atoms with Crippen LogP contribution in [0.25, 0.3) is 22.4 Å². The second-order valence-electron chi connectivity index (χ2n) is 6.06. The highest BCUT2D eigenvalue weighted by Crippen LogP contribution is 2.31. The lowest BCUT2D eigenvalue weighted by atomic mass is 10.0. The molecule has 0 aliphatic heterocycles. The quantitative estimate of drug-likeness (QED) is 0.636. The molecule has 0 aliphatic rings. The predicted molar refractivity (Wildman–Crippen MR) is 102 cm³/mol. The second kappa shape index (κ2) is 7.89. The molecule has 3 N–H and O–H groups in total. The molecule has 0 aliphatic carbocycles. The predicted octanol–water partition coefficient (Wildman–Crippen LogP) is 3.35. The molecule has 0 unspecified atom stereocenters. The van der Waals surface area contributed by atoms with Crippen molar-refractivity contribution in [1.29, 1.82) is 0 Å². The molecule has 0 amide bonds. The molecule has 5 heteroatoms. The number of aliphatic hydroxyl groups is 1. The molecular formula is C21H21NO4. The van der Waals surface area contributed by atoms with Crippen molar-refractivity contribution in [1.82, 2.24) is 4.98 Å². The molecular weight excluding hydrogens is 330 g/mol. The number of benzene rings is 2. The van der Waals surface area contributed by atoms with Gasteiger partial charge in [0, 0.05) is 23.9 Å². The number of phenolic OH excluding ortho intramolecular Hbond substituents is 1. The summed E-state index contributed by atoms with van der Waals surface area (Å²) in [6.45, 7) is 0.176. The van der Waals surface area contributed by atoms with Crippen LogP contribution in [0.3, 0.4) is 0 Å². The third kappa shape index (κ3) is 3.95. The number of hydrogen-bond acceptors (Lipinski definition) is 4. The number of aliphatic hydroxyl groups excluding tert-OH is 1. The number of hydrogen-bond donors (Lipinski definition) is 3. The molecule has 0 spiro atoms. The third-order valence-corrected chi connectivity index (χ3v) is 4.25. The van der Waals surface area contributed by atoms with E-state index in [9.17, 15) is 9.90 Å². The van der Waals surface area contributed by atoms with E-state index in [2.05, 4.69) is 4.98 Å². The van der Waals surface area contributed by atoms with Crippen LogP contribution >= 0.6 is 0 Å². The number of aromatic amines is 1. The lowest BCUT2D eigenvalue weighted by Crippen LogP contribution is -2.05. The number of aromatic hydroxyl groups is 1. The zero-order chi connectivity index (χ0) is 18.5. The second-order valence-corrected chi connectivity index (χ2v) is 6.06. The topological polar surface area (TPSA) is 82.5 Å². The molecule has 3 aromatic rings. The fraction of sp³-hybridized carbons (Fsp3) is 0.190. The molecule has 134 valence electrons. The van der Waals surface area contributed by atoms with Crippen LogP contribution in [0.4, 0.5) is 0 Å². The molecule has 5 nitrogen and oxygen atoms in total. The van der Waals surface area contributed by atoms with Gasteiger partial charge in [0.05, 0.1) is 7.11 Å². The Kier molecular flexibility index (Phi) is 5.39. The van der Waals surface area contributed by atoms with Crippen LogP contribution in [-0.2, 0) is 6.42 Å². The highest BCUT2D eigenvalue weighted by Gasteiger charge is 2.08. The molecule has 0 atom stereocenters. The summed E-state index contributed by atoms with van der Waals surface area (Å²) in [4.78, 5) is 14.9. The van der Waals surface area contributed by atoms with E-state index in [0.717, 1.165) is 35.1 Å². The van der Waals surface area contributed by atoms with Crippen LogP contribution in [0.1, 0.15) is 12.0 Å². The van der Waals surface area contributed by atoms with Crippen molar-refractivity contribution in [2.24, 2.45) is 0 Å². The van der Waals surface area contributed by atoms with E-state index >= 15 is 0 Å². The highest BCUT2D eigenvalue weighted by atomic mass is 16.5. The van der Waals surface area contributed by atoms with Gasteiger partial charge in [0.1, 0.15) is 0 Å². The number of methoxy groups -OCH3 is 1. The fourth-order valence-corrected chi connectivity index (χ4v) is 2.86. The first-order chi connectivity index (χ1) is 12.6. The summed E-state index contributed by atoms with van der Waals surface area (Å²) in [5, 5.41) is 18.7. The number of nitrogens with one attached hydrogen (secondary N) is 1. The number of pyridine rings is 1. The zero-order valence-corrected chi connectivity index (χ0v) is 14.5. The van der Waals surface area contributed by atoms with Crippen molar-refractivity contribution in [2.75, 3.05) is 13.7 Å². The summed E-state index contributed by atoms with van der Waals surface area (Å²) in [7, 11) is 1.48. The molecule has 0 saturated heterocycles. The molecule has 0 fully saturated rings. The normalized spacial score (nSPS) is 10.7. The summed E-state index contributed by atoms with van der Waals surface area (Å²) < 4.78 is 5.14. The first-order valence-corrected chi connectivity index (χ1v) is 8.42. The number of ether oxygens (including phenoxy) is 1. The van der Waals surface area contributed by atoms with Gasteiger partial charge in [-0.1, -0.05) is 24.3 Å². The van der Waals surface area contributed by atoms with Crippen LogP contribution in [-0.4, -0.2) is 28.9 Å². The summed E-state index contributed by atoms with van der Waals surface area (Å²) in [6.07, 6.45) is 1.56. The number of aryl methyl sites for hydroxylation is 1. The molecule has 1 heterocycles. The van der Waals surface area contributed by atoms with Crippen molar-refractivity contribution in [2.45, 2.75) is 12.8 Å². The monoisotopic (exact) mass is 351 g/mol. The molecule has 26 heavy (non-hydrogen) atoms. The van der Waals surface area contributed by atoms with Gasteiger partial charge in [0.15, 0.2) is 11.5 Å². The van der Waals surface area contributed by atoms with Gasteiger partial charge >= 0.3 is 0 Å². The number of rotatable bonds is 6. The van der Waals surface area contributed by atoms with Crippen LogP contribution in [0.15, 0.2) is 59.4 Å². The Morgan fingerprint density at radius 3 is 2.38 bits per heavy atom. The Morgan fingerprint density at radius 1 is 0.962 bits per heavy atom. The summed E-state index contributed by atoms with van der Waals surface area (Å²) in [5.74, 6) is 0.398. The van der Waals surface area contributed by atoms with Gasteiger partial charge in [-0.05, 0) is 53.8 Å². The van der Waals surface area contributed by atoms with Gasteiger partial charge < -0.3 is 19.9 Å². The molecule has 3 rings (SSSR count). The maximum atomic E-state index is 12.1. The van der Waals surface area contributed by atoms with Crippen molar-refractivity contribution < 1.29 is 14.9 Å². The smallest absolute Gasteiger partial charge is 0.249 e. The summed E-state index contributed by atoms with van der Waals surface area (Å²) in [6, 6.07) is 16.4. The van der Waals surface area contributed by atoms with Crippen molar-refractivity contribution >= 4 is 0 Å². The van der Waals surface area contributed by atoms with Gasteiger partial charge in [0.25, 0.3) is 0 Å². The Balaban J connectivity index is 1.96. The number of phenols is 1. The number of aromatic nitrogens is 1. The Bertz CT molecular complexity index is 945. The minimum absolute atomic E-state index is 0.0493. The van der Waals surface area contributed by atoms with Crippen LogP contribution in [0.2, 0.25) is 0 Å². The number of H-pyrrole nitrogens is 1. The van der Waals surface area contributed by atoms with Gasteiger partial charge in [0.2, 0.25) is 5.56 Å². The van der Waals surface area contributed by atoms with Crippen LogP contribution in [0.5, 0.6) is 11.5 Å². The van der Waals surface area contributed by atoms with E-state index in [1.165, 1.54) is 13.2 Å². The third-order valence-electron chi connectivity index (χ3n) is 4.25. The maximum Gasteiger partial charge on any atom is 0.249 e. The summed E-state index contributed by atoms with van der Waals surface area (Å²) in [5.41, 5.74) is 4.10. The maximum absolute atomic E-state index is 12.1. The standard InChI is InChI=1S/C21H21NO4/c1-26-20-12-16(8-9-19(20)24)18-11-17(13-21(25)22-18)15-6-4-14(5-7-15)3-2-10-23/h4-9,11-13,23-24H,2-3,10H2,1H3,(H,22,25). The van der Waals surface area contributed by atoms with Gasteiger partial charge in [-0.3, -0.25) is 4.79 Å². The van der Waals surface area contributed by atoms with Gasteiger partial charge in [-0.15, -0.1) is 0 Å². The van der Waals surface area contributed by atoms with Crippen molar-refractivity contribution in [3.8, 4) is 33.9 Å². The Hall–Kier alpha value is -3.05. The van der Waals surface area contributed by atoms with E-state index < -0.39 is 0 Å². The van der Waals surface area contributed by atoms with E-state index in [1.807, 2.05) is 30.3 Å². The summed E-state index contributed by atoms with van der Waals surface area (Å²) >= 11 is 0. The SMILES string of the molecule is COc1cc(-c2cc(-c3ccc(CCCO)cc3)cc(=O)[nH]2)ccc1O. The highest BCUT2D eigenvalue weighted by molar-refractivity contribution is 5.71. The minimum atomic E-state index is -0.200. The lowest BCUT2D eigenvalue weighted by Gasteiger charge is -2.09. The largest absolute Gasteiger partial charge is 0.504 e. The average molecular weight is 351 g/mol. The zero-order valence-electron chi connectivity index (χ0n) is 14.5. The van der Waals surface area contributed by atoms with Gasteiger partial charge in [-0.25, -0.2) is 0 Å². The molecule has 1 aromatic heterocycles. The van der Waals surface area contributed by atoms with E-state index in [1.54, 1.807) is 18.2 Å². The first-order valence-electron chi connectivity index (χ1n) is 8.42. The van der Waals surface area contributed by atoms with Crippen molar-refractivity contribution in [3.05, 3.63) is 70.5 Å². The Morgan fingerprint density at radius 2 is 1.69 bits per heavy atom. The molecule has 0 radical (unpaired) electrons. The average Bonchev–Trinajstić information content (AvgIpc) is 2.66. The van der Waals surface area contributed by atoms with E-state index in [-0.39, 0.29) is 17.9 Å². The first kappa shape index (κ1) is 17.8. The lowest BCUT2D eigenvalue weighted by molar-refractivity contribution is 0.288. The Labute approximate surface area is 151 Å². The van der Waals surface area contributed by atoms with Gasteiger partial charge in [-0.2, -0.15) is 0 Å². The fourth-order valence-electron chi connectivity index (χ4n) is 2.86. The molecule has 0 bridgehead atoms. The van der Waals surface area contributed by atoms with E-state index in [4.69, 9.17) is 9.84 Å². The molecule has 2 aromatic carbocycles. The molecule has 0 saturated carbocycles. The van der Waals surface area contributed by atoms with Crippen LogP contribution in [0, 0.1) is 0 Å². The van der Waals surface area contributed by atoms with E-state index in [0.29, 0.717) is 11.4 Å².